The first-order valence-corrected chi connectivity index (χ1v) is 7.05. The molecular formula is C16H27N. The van der Waals surface area contributed by atoms with E-state index in [1.54, 1.807) is 0 Å². The van der Waals surface area contributed by atoms with Crippen LogP contribution in [0.3, 0.4) is 0 Å². The number of aryl methyl sites for hydroxylation is 1. The standard InChI is InChI=1S/C16H27N/c1-4-6-7-12-16(17-5-2)13-15-11-9-8-10-14(15)3/h8-11,16-17H,4-7,12-13H2,1-3H3. The molecule has 1 atom stereocenters. The normalized spacial score (nSPS) is 12.6. The topological polar surface area (TPSA) is 12.0 Å². The third kappa shape index (κ3) is 5.36. The lowest BCUT2D eigenvalue weighted by molar-refractivity contribution is 0.466. The fraction of sp³-hybridized carbons (Fsp3) is 0.625. The van der Waals surface area contributed by atoms with Crippen molar-refractivity contribution in [2.75, 3.05) is 6.54 Å². The zero-order valence-electron chi connectivity index (χ0n) is 11.6. The van der Waals surface area contributed by atoms with Crippen LogP contribution in [0.15, 0.2) is 24.3 Å². The molecule has 0 bridgehead atoms. The van der Waals surface area contributed by atoms with Crippen molar-refractivity contribution in [1.29, 1.82) is 0 Å². The minimum Gasteiger partial charge on any atom is -0.314 e. The molecule has 0 heterocycles. The largest absolute Gasteiger partial charge is 0.314 e. The molecule has 96 valence electrons. The first kappa shape index (κ1) is 14.2. The smallest absolute Gasteiger partial charge is 0.0107 e. The second-order valence-corrected chi connectivity index (χ2v) is 4.88. The van der Waals surface area contributed by atoms with Crippen LogP contribution in [-0.4, -0.2) is 12.6 Å². The molecule has 0 spiro atoms. The highest BCUT2D eigenvalue weighted by Gasteiger charge is 2.09. The molecule has 1 N–H and O–H groups in total. The summed E-state index contributed by atoms with van der Waals surface area (Å²) in [5.41, 5.74) is 2.92. The number of rotatable bonds is 8. The zero-order valence-corrected chi connectivity index (χ0v) is 11.6. The highest BCUT2D eigenvalue weighted by Crippen LogP contribution is 2.13. The van der Waals surface area contributed by atoms with Gasteiger partial charge in [0.25, 0.3) is 0 Å². The molecule has 1 heteroatoms. The van der Waals surface area contributed by atoms with Gasteiger partial charge in [-0.15, -0.1) is 0 Å². The molecule has 1 nitrogen and oxygen atoms in total. The summed E-state index contributed by atoms with van der Waals surface area (Å²) in [4.78, 5) is 0. The molecule has 0 fully saturated rings. The van der Waals surface area contributed by atoms with Gasteiger partial charge in [0.15, 0.2) is 0 Å². The lowest BCUT2D eigenvalue weighted by atomic mass is 9.97. The van der Waals surface area contributed by atoms with E-state index in [1.807, 2.05) is 0 Å². The number of benzene rings is 1. The SMILES string of the molecule is CCCCCC(Cc1ccccc1C)NCC. The van der Waals surface area contributed by atoms with Crippen molar-refractivity contribution < 1.29 is 0 Å². The maximum Gasteiger partial charge on any atom is 0.0107 e. The number of likely N-dealkylation sites (N-methyl/N-ethyl adjacent to an activating group) is 1. The van der Waals surface area contributed by atoms with E-state index in [1.165, 1.54) is 43.2 Å². The predicted molar refractivity (Wildman–Crippen MR) is 76.5 cm³/mol. The Morgan fingerprint density at radius 1 is 1.12 bits per heavy atom. The van der Waals surface area contributed by atoms with Crippen molar-refractivity contribution in [3.05, 3.63) is 35.4 Å². The average Bonchev–Trinajstić information content (AvgIpc) is 2.32. The molecule has 0 amide bonds. The van der Waals surface area contributed by atoms with E-state index in [0.717, 1.165) is 6.54 Å². The van der Waals surface area contributed by atoms with E-state index in [2.05, 4.69) is 50.4 Å². The van der Waals surface area contributed by atoms with Crippen molar-refractivity contribution >= 4 is 0 Å². The van der Waals surface area contributed by atoms with Gasteiger partial charge in [-0.2, -0.15) is 0 Å². The van der Waals surface area contributed by atoms with E-state index in [9.17, 15) is 0 Å². The molecule has 0 radical (unpaired) electrons. The average molecular weight is 233 g/mol. The third-order valence-electron chi connectivity index (χ3n) is 3.38. The Labute approximate surface area is 107 Å². The molecule has 1 unspecified atom stereocenters. The maximum atomic E-state index is 3.62. The first-order chi connectivity index (χ1) is 8.27. The van der Waals surface area contributed by atoms with E-state index in [4.69, 9.17) is 0 Å². The van der Waals surface area contributed by atoms with Crippen LogP contribution in [0.25, 0.3) is 0 Å². The molecule has 0 saturated heterocycles. The Kier molecular flexibility index (Phi) is 6.95. The summed E-state index contributed by atoms with van der Waals surface area (Å²) in [6.45, 7) is 7.75. The van der Waals surface area contributed by atoms with Gasteiger partial charge < -0.3 is 5.32 Å². The van der Waals surface area contributed by atoms with Crippen LogP contribution in [0, 0.1) is 6.92 Å². The molecule has 0 aliphatic rings. The van der Waals surface area contributed by atoms with E-state index >= 15 is 0 Å². The van der Waals surface area contributed by atoms with E-state index in [-0.39, 0.29) is 0 Å². The molecule has 0 aromatic heterocycles. The Hall–Kier alpha value is -0.820. The van der Waals surface area contributed by atoms with Gasteiger partial charge in [0.05, 0.1) is 0 Å². The fourth-order valence-electron chi connectivity index (χ4n) is 2.31. The molecule has 0 aliphatic heterocycles. The van der Waals surface area contributed by atoms with Gasteiger partial charge in [0, 0.05) is 6.04 Å². The number of hydrogen-bond donors (Lipinski definition) is 1. The summed E-state index contributed by atoms with van der Waals surface area (Å²) < 4.78 is 0. The van der Waals surface area contributed by atoms with Crippen molar-refractivity contribution in [2.45, 2.75) is 58.9 Å². The highest BCUT2D eigenvalue weighted by molar-refractivity contribution is 5.26. The molecule has 0 aliphatic carbocycles. The van der Waals surface area contributed by atoms with Crippen LogP contribution in [0.5, 0.6) is 0 Å². The predicted octanol–water partition coefficient (Wildman–Crippen LogP) is 4.10. The summed E-state index contributed by atoms with van der Waals surface area (Å²) in [5, 5.41) is 3.62. The third-order valence-corrected chi connectivity index (χ3v) is 3.38. The quantitative estimate of drug-likeness (QED) is 0.667. The van der Waals surface area contributed by atoms with Gasteiger partial charge in [0.2, 0.25) is 0 Å². The lowest BCUT2D eigenvalue weighted by Gasteiger charge is -2.19. The Morgan fingerprint density at radius 3 is 2.53 bits per heavy atom. The molecule has 17 heavy (non-hydrogen) atoms. The van der Waals surface area contributed by atoms with Gasteiger partial charge in [-0.05, 0) is 37.4 Å². The van der Waals surface area contributed by atoms with E-state index in [0.29, 0.717) is 6.04 Å². The van der Waals surface area contributed by atoms with Gasteiger partial charge in [-0.1, -0.05) is 57.4 Å². The Morgan fingerprint density at radius 2 is 1.88 bits per heavy atom. The van der Waals surface area contributed by atoms with Crippen LogP contribution >= 0.6 is 0 Å². The van der Waals surface area contributed by atoms with Crippen LogP contribution in [-0.2, 0) is 6.42 Å². The summed E-state index contributed by atoms with van der Waals surface area (Å²) >= 11 is 0. The van der Waals surface area contributed by atoms with Gasteiger partial charge in [-0.3, -0.25) is 0 Å². The van der Waals surface area contributed by atoms with Crippen molar-refractivity contribution in [2.24, 2.45) is 0 Å². The van der Waals surface area contributed by atoms with Crippen LogP contribution < -0.4 is 5.32 Å². The van der Waals surface area contributed by atoms with Gasteiger partial charge in [0.1, 0.15) is 0 Å². The van der Waals surface area contributed by atoms with Crippen LogP contribution in [0.4, 0.5) is 0 Å². The monoisotopic (exact) mass is 233 g/mol. The van der Waals surface area contributed by atoms with Gasteiger partial charge in [-0.25, -0.2) is 0 Å². The fourth-order valence-corrected chi connectivity index (χ4v) is 2.31. The molecule has 1 aromatic rings. The van der Waals surface area contributed by atoms with Crippen molar-refractivity contribution in [3.63, 3.8) is 0 Å². The minimum absolute atomic E-state index is 0.646. The van der Waals surface area contributed by atoms with Crippen molar-refractivity contribution in [3.8, 4) is 0 Å². The summed E-state index contributed by atoms with van der Waals surface area (Å²) in [6, 6.07) is 9.40. The second-order valence-electron chi connectivity index (χ2n) is 4.88. The zero-order chi connectivity index (χ0) is 12.5. The van der Waals surface area contributed by atoms with Crippen LogP contribution in [0.1, 0.15) is 50.7 Å². The second kappa shape index (κ2) is 8.30. The molecule has 1 rings (SSSR count). The Bertz CT molecular complexity index is 306. The molecule has 1 aromatic carbocycles. The Balaban J connectivity index is 2.50. The van der Waals surface area contributed by atoms with E-state index < -0.39 is 0 Å². The van der Waals surface area contributed by atoms with Crippen LogP contribution in [0.2, 0.25) is 0 Å². The van der Waals surface area contributed by atoms with Gasteiger partial charge >= 0.3 is 0 Å². The number of nitrogens with one attached hydrogen (secondary N) is 1. The molecule has 0 saturated carbocycles. The minimum atomic E-state index is 0.646. The number of unbranched alkanes of at least 4 members (excludes halogenated alkanes) is 2. The number of hydrogen-bond acceptors (Lipinski definition) is 1. The summed E-state index contributed by atoms with van der Waals surface area (Å²) in [7, 11) is 0. The maximum absolute atomic E-state index is 3.62. The highest BCUT2D eigenvalue weighted by atomic mass is 14.9. The summed E-state index contributed by atoms with van der Waals surface area (Å²) in [5.74, 6) is 0. The van der Waals surface area contributed by atoms with Crippen molar-refractivity contribution in [1.82, 2.24) is 5.32 Å². The molecular weight excluding hydrogens is 206 g/mol. The lowest BCUT2D eigenvalue weighted by Crippen LogP contribution is -2.31. The summed E-state index contributed by atoms with van der Waals surface area (Å²) in [6.07, 6.45) is 6.49. The first-order valence-electron chi connectivity index (χ1n) is 7.05.